The normalized spacial score (nSPS) is 22.6. The summed E-state index contributed by atoms with van der Waals surface area (Å²) in [4.78, 5) is 11.6. The summed E-state index contributed by atoms with van der Waals surface area (Å²) >= 11 is 1.17. The first-order chi connectivity index (χ1) is 9.41. The van der Waals surface area contributed by atoms with Crippen molar-refractivity contribution in [2.24, 2.45) is 0 Å². The second-order valence-corrected chi connectivity index (χ2v) is 8.18. The number of nitrogens with zero attached hydrogens (tertiary/aromatic N) is 2. The average Bonchev–Trinajstić information content (AvgIpc) is 2.96. The van der Waals surface area contributed by atoms with Crippen LogP contribution in [0, 0.1) is 0 Å². The Kier molecular flexibility index (Phi) is 4.69. The van der Waals surface area contributed by atoms with E-state index in [4.69, 9.17) is 4.42 Å². The zero-order chi connectivity index (χ0) is 14.8. The van der Waals surface area contributed by atoms with Crippen LogP contribution in [-0.2, 0) is 14.6 Å². The van der Waals surface area contributed by atoms with E-state index in [2.05, 4.69) is 15.5 Å². The lowest BCUT2D eigenvalue weighted by molar-refractivity contribution is -0.120. The molecule has 0 spiro atoms. The number of sulfone groups is 1. The van der Waals surface area contributed by atoms with Gasteiger partial charge in [-0.25, -0.2) is 8.42 Å². The Morgan fingerprint density at radius 2 is 2.30 bits per heavy atom. The number of aromatic nitrogens is 2. The smallest absolute Gasteiger partial charge is 0.277 e. The fraction of sp³-hybridized carbons (Fsp3) is 0.727. The topological polar surface area (TPSA) is 102 Å². The van der Waals surface area contributed by atoms with Gasteiger partial charge in [0.1, 0.15) is 0 Å². The van der Waals surface area contributed by atoms with Crippen molar-refractivity contribution in [2.75, 3.05) is 18.1 Å². The Morgan fingerprint density at radius 1 is 1.55 bits per heavy atom. The number of thioether (sulfide) groups is 1. The molecule has 20 heavy (non-hydrogen) atoms. The van der Waals surface area contributed by atoms with Gasteiger partial charge in [0.2, 0.25) is 11.8 Å². The van der Waals surface area contributed by atoms with Crippen molar-refractivity contribution in [3.05, 3.63) is 5.89 Å². The third-order valence-electron chi connectivity index (χ3n) is 3.00. The van der Waals surface area contributed by atoms with Crippen molar-refractivity contribution in [1.82, 2.24) is 15.5 Å². The van der Waals surface area contributed by atoms with E-state index in [0.29, 0.717) is 24.1 Å². The highest BCUT2D eigenvalue weighted by atomic mass is 32.2. The molecule has 9 heteroatoms. The first kappa shape index (κ1) is 15.3. The molecular formula is C11H17N3O4S2. The number of rotatable bonds is 5. The van der Waals surface area contributed by atoms with Crippen LogP contribution in [0.1, 0.15) is 32.1 Å². The number of hydrogen-bond acceptors (Lipinski definition) is 7. The Labute approximate surface area is 121 Å². The van der Waals surface area contributed by atoms with Crippen LogP contribution in [0.4, 0.5) is 0 Å². The van der Waals surface area contributed by atoms with E-state index in [0.717, 1.165) is 0 Å². The van der Waals surface area contributed by atoms with Gasteiger partial charge in [-0.3, -0.25) is 4.79 Å². The summed E-state index contributed by atoms with van der Waals surface area (Å²) in [7, 11) is -2.98. The first-order valence-electron chi connectivity index (χ1n) is 6.39. The minimum absolute atomic E-state index is 0.0607. The Hall–Kier alpha value is -1.09. The fourth-order valence-electron chi connectivity index (χ4n) is 1.95. The predicted octanol–water partition coefficient (Wildman–Crippen LogP) is 0.588. The summed E-state index contributed by atoms with van der Waals surface area (Å²) in [6.07, 6.45) is 0.514. The monoisotopic (exact) mass is 319 g/mol. The van der Waals surface area contributed by atoms with Crippen LogP contribution in [0.3, 0.4) is 0 Å². The summed E-state index contributed by atoms with van der Waals surface area (Å²) < 4.78 is 28.3. The molecule has 7 nitrogen and oxygen atoms in total. The molecule has 1 aliphatic rings. The van der Waals surface area contributed by atoms with Crippen molar-refractivity contribution in [2.45, 2.75) is 36.7 Å². The molecule has 1 aromatic rings. The Morgan fingerprint density at radius 3 is 2.90 bits per heavy atom. The highest BCUT2D eigenvalue weighted by Gasteiger charge is 2.33. The van der Waals surface area contributed by atoms with Crippen LogP contribution in [0.25, 0.3) is 0 Å². The van der Waals surface area contributed by atoms with Gasteiger partial charge in [0.15, 0.2) is 9.84 Å². The molecule has 1 aliphatic heterocycles. The fourth-order valence-corrected chi connectivity index (χ4v) is 4.39. The van der Waals surface area contributed by atoms with Crippen LogP contribution in [0.2, 0.25) is 0 Å². The maximum atomic E-state index is 11.6. The van der Waals surface area contributed by atoms with E-state index < -0.39 is 9.84 Å². The standard InChI is InChI=1S/C11H17N3O4S2/c1-3-12-9(15)7(2)19-11-14-13-10(18-11)8-4-5-20(16,17)6-8/h7-8H,3-6H2,1-2H3,(H,12,15)/t7-,8+/m0/s1. The number of carbonyl (C=O) groups excluding carboxylic acids is 1. The van der Waals surface area contributed by atoms with Gasteiger partial charge in [0, 0.05) is 6.54 Å². The molecule has 0 aromatic carbocycles. The predicted molar refractivity (Wildman–Crippen MR) is 74.3 cm³/mol. The largest absolute Gasteiger partial charge is 0.416 e. The van der Waals surface area contributed by atoms with Crippen LogP contribution >= 0.6 is 11.8 Å². The van der Waals surface area contributed by atoms with Gasteiger partial charge in [-0.05, 0) is 20.3 Å². The van der Waals surface area contributed by atoms with E-state index in [9.17, 15) is 13.2 Å². The molecule has 2 rings (SSSR count). The lowest BCUT2D eigenvalue weighted by Crippen LogP contribution is -2.30. The number of hydrogen-bond donors (Lipinski definition) is 1. The van der Waals surface area contributed by atoms with Crippen molar-refractivity contribution in [1.29, 1.82) is 0 Å². The summed E-state index contributed by atoms with van der Waals surface area (Å²) in [6.45, 7) is 4.17. The molecule has 1 amide bonds. The zero-order valence-electron chi connectivity index (χ0n) is 11.3. The van der Waals surface area contributed by atoms with E-state index in [1.54, 1.807) is 6.92 Å². The summed E-state index contributed by atoms with van der Waals surface area (Å²) in [6, 6.07) is 0. The first-order valence-corrected chi connectivity index (χ1v) is 9.09. The van der Waals surface area contributed by atoms with Gasteiger partial charge in [-0.1, -0.05) is 11.8 Å². The second kappa shape index (κ2) is 6.13. The lowest BCUT2D eigenvalue weighted by atomic mass is 10.1. The second-order valence-electron chi connectivity index (χ2n) is 4.66. The third kappa shape index (κ3) is 3.72. The maximum absolute atomic E-state index is 11.6. The van der Waals surface area contributed by atoms with E-state index in [-0.39, 0.29) is 28.6 Å². The molecule has 1 saturated heterocycles. The molecule has 112 valence electrons. The van der Waals surface area contributed by atoms with Crippen molar-refractivity contribution in [3.63, 3.8) is 0 Å². The molecule has 1 aromatic heterocycles. The van der Waals surface area contributed by atoms with Gasteiger partial charge in [-0.2, -0.15) is 0 Å². The van der Waals surface area contributed by atoms with Crippen molar-refractivity contribution < 1.29 is 17.6 Å². The molecule has 0 aliphatic carbocycles. The van der Waals surface area contributed by atoms with Crippen LogP contribution in [-0.4, -0.2) is 47.8 Å². The lowest BCUT2D eigenvalue weighted by Gasteiger charge is -2.07. The van der Waals surface area contributed by atoms with E-state index >= 15 is 0 Å². The van der Waals surface area contributed by atoms with E-state index in [1.807, 2.05) is 6.92 Å². The number of amides is 1. The highest BCUT2D eigenvalue weighted by molar-refractivity contribution is 8.00. The van der Waals surface area contributed by atoms with Gasteiger partial charge >= 0.3 is 0 Å². The average molecular weight is 319 g/mol. The van der Waals surface area contributed by atoms with E-state index in [1.165, 1.54) is 11.8 Å². The molecule has 2 atom stereocenters. The van der Waals surface area contributed by atoms with Gasteiger partial charge in [0.25, 0.3) is 5.22 Å². The molecule has 0 bridgehead atoms. The zero-order valence-corrected chi connectivity index (χ0v) is 13.0. The molecule has 0 unspecified atom stereocenters. The summed E-state index contributed by atoms with van der Waals surface area (Å²) in [5, 5.41) is 10.4. The maximum Gasteiger partial charge on any atom is 0.277 e. The van der Waals surface area contributed by atoms with Crippen LogP contribution < -0.4 is 5.32 Å². The quantitative estimate of drug-likeness (QED) is 0.792. The molecular weight excluding hydrogens is 302 g/mol. The molecule has 0 saturated carbocycles. The van der Waals surface area contributed by atoms with Crippen LogP contribution in [0.5, 0.6) is 0 Å². The Bertz CT molecular complexity index is 584. The third-order valence-corrected chi connectivity index (χ3v) is 5.70. The SMILES string of the molecule is CCNC(=O)[C@H](C)Sc1nnc([C@@H]2CCS(=O)(=O)C2)o1. The van der Waals surface area contributed by atoms with Crippen molar-refractivity contribution >= 4 is 27.5 Å². The number of carbonyl (C=O) groups is 1. The van der Waals surface area contributed by atoms with Gasteiger partial charge in [0.05, 0.1) is 22.7 Å². The highest BCUT2D eigenvalue weighted by Crippen LogP contribution is 2.30. The molecule has 1 fully saturated rings. The van der Waals surface area contributed by atoms with Gasteiger partial charge in [-0.15, -0.1) is 10.2 Å². The molecule has 2 heterocycles. The van der Waals surface area contributed by atoms with Crippen molar-refractivity contribution in [3.8, 4) is 0 Å². The number of nitrogens with one attached hydrogen (secondary N) is 1. The van der Waals surface area contributed by atoms with Crippen LogP contribution in [0.15, 0.2) is 9.64 Å². The molecule has 1 N–H and O–H groups in total. The minimum atomic E-state index is -2.98. The summed E-state index contributed by atoms with van der Waals surface area (Å²) in [5.74, 6) is 0.252. The Balaban J connectivity index is 1.98. The summed E-state index contributed by atoms with van der Waals surface area (Å²) in [5.41, 5.74) is 0. The minimum Gasteiger partial charge on any atom is -0.416 e. The van der Waals surface area contributed by atoms with Gasteiger partial charge < -0.3 is 9.73 Å². The molecule has 0 radical (unpaired) electrons.